The summed E-state index contributed by atoms with van der Waals surface area (Å²) >= 11 is 1.60. The minimum Gasteiger partial charge on any atom is -0.364 e. The molecule has 0 spiro atoms. The van der Waals surface area contributed by atoms with E-state index in [4.69, 9.17) is 0 Å². The second-order valence-corrected chi connectivity index (χ2v) is 4.39. The third-order valence-corrected chi connectivity index (χ3v) is 3.05. The fraction of sp³-hybridized carbons (Fsp3) is 0.250. The van der Waals surface area contributed by atoms with Gasteiger partial charge in [0.2, 0.25) is 0 Å². The molecule has 88 valence electrons. The van der Waals surface area contributed by atoms with Crippen molar-refractivity contribution in [3.8, 4) is 0 Å². The molecule has 0 radical (unpaired) electrons. The molecule has 0 aliphatic carbocycles. The molecule has 0 aliphatic rings. The van der Waals surface area contributed by atoms with E-state index in [1.165, 1.54) is 5.56 Å². The second kappa shape index (κ2) is 5.63. The largest absolute Gasteiger partial charge is 0.364 e. The Balaban J connectivity index is 2.05. The Kier molecular flexibility index (Phi) is 3.93. The van der Waals surface area contributed by atoms with Gasteiger partial charge >= 0.3 is 0 Å². The summed E-state index contributed by atoms with van der Waals surface area (Å²) in [7, 11) is 0. The molecule has 0 fully saturated rings. The highest BCUT2D eigenvalue weighted by Gasteiger charge is 2.00. The summed E-state index contributed by atoms with van der Waals surface area (Å²) in [6, 6.07) is 5.93. The Morgan fingerprint density at radius 2 is 2.18 bits per heavy atom. The van der Waals surface area contributed by atoms with E-state index in [0.29, 0.717) is 6.54 Å². The molecule has 2 aromatic heterocycles. The third kappa shape index (κ3) is 3.17. The van der Waals surface area contributed by atoms with Crippen LogP contribution in [0.1, 0.15) is 11.3 Å². The first-order chi connectivity index (χ1) is 8.29. The summed E-state index contributed by atoms with van der Waals surface area (Å²) in [5, 5.41) is 4.21. The molecule has 2 aromatic rings. The van der Waals surface area contributed by atoms with Crippen LogP contribution in [0.25, 0.3) is 0 Å². The lowest BCUT2D eigenvalue weighted by molar-refractivity contribution is 0.980. The van der Waals surface area contributed by atoms with Crippen molar-refractivity contribution < 1.29 is 0 Å². The summed E-state index contributed by atoms with van der Waals surface area (Å²) in [6.07, 6.45) is 5.37. The van der Waals surface area contributed by atoms with Gasteiger partial charge in [-0.3, -0.25) is 4.98 Å². The minimum atomic E-state index is 0.678. The first-order valence-corrected chi connectivity index (χ1v) is 6.52. The predicted molar refractivity (Wildman–Crippen MR) is 70.1 cm³/mol. The van der Waals surface area contributed by atoms with Crippen molar-refractivity contribution in [2.75, 3.05) is 11.6 Å². The SMILES string of the molecule is CSc1cc(NCc2ncccc2C)ncn1. The Morgan fingerprint density at radius 1 is 1.29 bits per heavy atom. The van der Waals surface area contributed by atoms with Gasteiger partial charge in [0.15, 0.2) is 0 Å². The van der Waals surface area contributed by atoms with Gasteiger partial charge in [-0.05, 0) is 24.8 Å². The summed E-state index contributed by atoms with van der Waals surface area (Å²) in [6.45, 7) is 2.73. The Hall–Kier alpha value is -1.62. The van der Waals surface area contributed by atoms with Crippen molar-refractivity contribution in [3.05, 3.63) is 42.0 Å². The zero-order valence-electron chi connectivity index (χ0n) is 9.84. The molecule has 0 bridgehead atoms. The maximum atomic E-state index is 4.32. The fourth-order valence-electron chi connectivity index (χ4n) is 1.43. The highest BCUT2D eigenvalue weighted by atomic mass is 32.2. The Labute approximate surface area is 105 Å². The average molecular weight is 246 g/mol. The summed E-state index contributed by atoms with van der Waals surface area (Å²) in [5.41, 5.74) is 2.22. The van der Waals surface area contributed by atoms with E-state index in [1.807, 2.05) is 18.4 Å². The quantitative estimate of drug-likeness (QED) is 0.663. The fourth-order valence-corrected chi connectivity index (χ4v) is 1.81. The molecule has 0 amide bonds. The number of nitrogens with one attached hydrogen (secondary N) is 1. The second-order valence-electron chi connectivity index (χ2n) is 3.57. The van der Waals surface area contributed by atoms with Crippen LogP contribution >= 0.6 is 11.8 Å². The van der Waals surface area contributed by atoms with Crippen molar-refractivity contribution in [3.63, 3.8) is 0 Å². The average Bonchev–Trinajstić information content (AvgIpc) is 2.38. The first-order valence-electron chi connectivity index (χ1n) is 5.30. The van der Waals surface area contributed by atoms with Crippen molar-refractivity contribution in [2.24, 2.45) is 0 Å². The zero-order valence-corrected chi connectivity index (χ0v) is 10.7. The van der Waals surface area contributed by atoms with Crippen LogP contribution in [-0.2, 0) is 6.54 Å². The molecule has 0 saturated carbocycles. The van der Waals surface area contributed by atoms with E-state index in [2.05, 4.69) is 33.3 Å². The van der Waals surface area contributed by atoms with Crippen molar-refractivity contribution >= 4 is 17.6 Å². The maximum absolute atomic E-state index is 4.32. The molecule has 1 N–H and O–H groups in total. The number of pyridine rings is 1. The molecule has 5 heteroatoms. The monoisotopic (exact) mass is 246 g/mol. The molecule has 0 atom stereocenters. The van der Waals surface area contributed by atoms with Crippen LogP contribution in [0.4, 0.5) is 5.82 Å². The number of nitrogens with zero attached hydrogens (tertiary/aromatic N) is 3. The van der Waals surface area contributed by atoms with Gasteiger partial charge in [0.25, 0.3) is 0 Å². The van der Waals surface area contributed by atoms with Crippen molar-refractivity contribution in [1.29, 1.82) is 0 Å². The van der Waals surface area contributed by atoms with Gasteiger partial charge in [0.05, 0.1) is 12.2 Å². The smallest absolute Gasteiger partial charge is 0.130 e. The van der Waals surface area contributed by atoms with Gasteiger partial charge in [0, 0.05) is 12.3 Å². The first kappa shape index (κ1) is 11.9. The highest BCUT2D eigenvalue weighted by Crippen LogP contribution is 2.14. The molecule has 2 rings (SSSR count). The molecular formula is C12H14N4S. The van der Waals surface area contributed by atoms with Gasteiger partial charge in [0.1, 0.15) is 17.2 Å². The van der Waals surface area contributed by atoms with Gasteiger partial charge in [-0.2, -0.15) is 0 Å². The summed E-state index contributed by atoms with van der Waals surface area (Å²) < 4.78 is 0. The van der Waals surface area contributed by atoms with E-state index in [-0.39, 0.29) is 0 Å². The zero-order chi connectivity index (χ0) is 12.1. The van der Waals surface area contributed by atoms with E-state index in [9.17, 15) is 0 Å². The van der Waals surface area contributed by atoms with Crippen LogP contribution in [0.3, 0.4) is 0 Å². The topological polar surface area (TPSA) is 50.7 Å². The van der Waals surface area contributed by atoms with Crippen LogP contribution in [0.2, 0.25) is 0 Å². The van der Waals surface area contributed by atoms with Crippen molar-refractivity contribution in [1.82, 2.24) is 15.0 Å². The van der Waals surface area contributed by atoms with Crippen LogP contribution in [-0.4, -0.2) is 21.2 Å². The molecule has 0 saturated heterocycles. The molecule has 0 unspecified atom stereocenters. The molecule has 4 nitrogen and oxygen atoms in total. The normalized spacial score (nSPS) is 10.2. The van der Waals surface area contributed by atoms with Gasteiger partial charge < -0.3 is 5.32 Å². The van der Waals surface area contributed by atoms with E-state index in [1.54, 1.807) is 24.3 Å². The number of rotatable bonds is 4. The Bertz CT molecular complexity index is 501. The van der Waals surface area contributed by atoms with Crippen LogP contribution in [0.15, 0.2) is 35.7 Å². The molecule has 17 heavy (non-hydrogen) atoms. The lowest BCUT2D eigenvalue weighted by Crippen LogP contribution is -2.05. The molecular weight excluding hydrogens is 232 g/mol. The summed E-state index contributed by atoms with van der Waals surface area (Å²) in [5.74, 6) is 0.828. The molecule has 0 aliphatic heterocycles. The van der Waals surface area contributed by atoms with Gasteiger partial charge in [-0.15, -0.1) is 11.8 Å². The van der Waals surface area contributed by atoms with Crippen LogP contribution in [0.5, 0.6) is 0 Å². The van der Waals surface area contributed by atoms with E-state index < -0.39 is 0 Å². The summed E-state index contributed by atoms with van der Waals surface area (Å²) in [4.78, 5) is 12.6. The predicted octanol–water partition coefficient (Wildman–Crippen LogP) is 2.51. The molecule has 2 heterocycles. The van der Waals surface area contributed by atoms with Crippen LogP contribution in [0, 0.1) is 6.92 Å². The standard InChI is InChI=1S/C12H14N4S/c1-9-4-3-5-13-10(9)7-14-11-6-12(17-2)16-8-15-11/h3-6,8H,7H2,1-2H3,(H,14,15,16). The third-order valence-electron chi connectivity index (χ3n) is 2.41. The number of hydrogen-bond donors (Lipinski definition) is 1. The number of thioether (sulfide) groups is 1. The lowest BCUT2D eigenvalue weighted by Gasteiger charge is -2.07. The molecule has 0 aromatic carbocycles. The number of anilines is 1. The van der Waals surface area contributed by atoms with Crippen molar-refractivity contribution in [2.45, 2.75) is 18.5 Å². The maximum Gasteiger partial charge on any atom is 0.130 e. The lowest BCUT2D eigenvalue weighted by atomic mass is 10.2. The number of aromatic nitrogens is 3. The Morgan fingerprint density at radius 3 is 2.94 bits per heavy atom. The number of hydrogen-bond acceptors (Lipinski definition) is 5. The van der Waals surface area contributed by atoms with Crippen LogP contribution < -0.4 is 5.32 Å². The minimum absolute atomic E-state index is 0.678. The van der Waals surface area contributed by atoms with E-state index in [0.717, 1.165) is 16.5 Å². The van der Waals surface area contributed by atoms with Gasteiger partial charge in [-0.1, -0.05) is 6.07 Å². The van der Waals surface area contributed by atoms with E-state index >= 15 is 0 Å². The number of aryl methyl sites for hydroxylation is 1. The van der Waals surface area contributed by atoms with Gasteiger partial charge in [-0.25, -0.2) is 9.97 Å². The highest BCUT2D eigenvalue weighted by molar-refractivity contribution is 7.98.